The smallest absolute Gasteiger partial charge is 0.260 e. The number of aromatic nitrogens is 1. The lowest BCUT2D eigenvalue weighted by Crippen LogP contribution is -2.33. The van der Waals surface area contributed by atoms with E-state index in [0.717, 1.165) is 11.8 Å². The third kappa shape index (κ3) is 14.4. The number of sulfonamides is 2. The van der Waals surface area contributed by atoms with Gasteiger partial charge < -0.3 is 5.73 Å². The van der Waals surface area contributed by atoms with E-state index in [9.17, 15) is 16.8 Å². The van der Waals surface area contributed by atoms with Crippen molar-refractivity contribution in [3.63, 3.8) is 0 Å². The SMILES string of the molecule is C.C.C.C.CC(=N)SC(N)=NS(=O)(=O)C(C)(C)C.CC(C)(C)S(=O)(=O)Nc1ccccn1. The van der Waals surface area contributed by atoms with Gasteiger partial charge in [-0.15, -0.1) is 4.40 Å². The Morgan fingerprint density at radius 2 is 1.47 bits per heavy atom. The van der Waals surface area contributed by atoms with Crippen LogP contribution in [0.15, 0.2) is 28.8 Å². The first-order valence-corrected chi connectivity index (χ1v) is 11.9. The van der Waals surface area contributed by atoms with E-state index in [4.69, 9.17) is 11.1 Å². The minimum absolute atomic E-state index is 0. The summed E-state index contributed by atoms with van der Waals surface area (Å²) in [5, 5.41) is 7.18. The molecule has 192 valence electrons. The summed E-state index contributed by atoms with van der Waals surface area (Å²) in [7, 11) is -6.96. The van der Waals surface area contributed by atoms with Gasteiger partial charge in [0.05, 0.1) is 14.5 Å². The van der Waals surface area contributed by atoms with Crippen LogP contribution in [0.4, 0.5) is 5.82 Å². The van der Waals surface area contributed by atoms with Gasteiger partial charge in [0.2, 0.25) is 10.0 Å². The molecule has 0 atom stereocenters. The molecule has 0 aromatic carbocycles. The highest BCUT2D eigenvalue weighted by molar-refractivity contribution is 8.26. The van der Waals surface area contributed by atoms with E-state index in [0.29, 0.717) is 5.82 Å². The summed E-state index contributed by atoms with van der Waals surface area (Å²) in [6, 6.07) is 5.08. The summed E-state index contributed by atoms with van der Waals surface area (Å²) in [4.78, 5) is 3.89. The van der Waals surface area contributed by atoms with Crippen LogP contribution >= 0.6 is 11.8 Å². The molecule has 0 saturated carbocycles. The predicted molar refractivity (Wildman–Crippen MR) is 145 cm³/mol. The van der Waals surface area contributed by atoms with Gasteiger partial charge in [-0.2, -0.15) is 0 Å². The summed E-state index contributed by atoms with van der Waals surface area (Å²) < 4.78 is 50.4. The van der Waals surface area contributed by atoms with Crippen molar-refractivity contribution in [2.45, 2.75) is 87.7 Å². The molecular weight excluding hydrogens is 470 g/mol. The van der Waals surface area contributed by atoms with Crippen molar-refractivity contribution in [3.05, 3.63) is 24.4 Å². The standard InChI is InChI=1S/C9H14N2O2S.C7H15N3O2S2.4CH4/c1-9(2,3)14(12,13)11-8-6-4-5-7-10-8;1-5(8)13-6(9)10-14(11,12)7(2,3)4;;;;/h4-7H,1-3H3,(H,10,11);8H,1-4H3,(H2,9,10);4*1H4. The van der Waals surface area contributed by atoms with Gasteiger partial charge >= 0.3 is 0 Å². The Morgan fingerprint density at radius 3 is 1.78 bits per heavy atom. The first-order valence-electron chi connectivity index (χ1n) is 8.15. The van der Waals surface area contributed by atoms with Gasteiger partial charge in [0.15, 0.2) is 5.17 Å². The van der Waals surface area contributed by atoms with Gasteiger partial charge in [0.25, 0.3) is 10.0 Å². The lowest BCUT2D eigenvalue weighted by molar-refractivity contribution is 0.562. The second-order valence-corrected chi connectivity index (χ2v) is 13.6. The molecule has 0 bridgehead atoms. The number of hydrogen-bond acceptors (Lipinski definition) is 7. The zero-order valence-electron chi connectivity index (χ0n) is 17.1. The number of amidine groups is 1. The average molecular weight is 516 g/mol. The molecule has 12 heteroatoms. The number of hydrogen-bond donors (Lipinski definition) is 3. The molecule has 1 rings (SSSR count). The second-order valence-electron chi connectivity index (χ2n) is 7.61. The molecule has 0 fully saturated rings. The lowest BCUT2D eigenvalue weighted by Gasteiger charge is -2.19. The Kier molecular flexibility index (Phi) is 19.4. The predicted octanol–water partition coefficient (Wildman–Crippen LogP) is 5.33. The summed E-state index contributed by atoms with van der Waals surface area (Å²) in [5.41, 5.74) is 5.35. The van der Waals surface area contributed by atoms with Crippen LogP contribution in [-0.2, 0) is 20.0 Å². The van der Waals surface area contributed by atoms with Gasteiger partial charge in [-0.1, -0.05) is 35.8 Å². The monoisotopic (exact) mass is 515 g/mol. The molecule has 0 radical (unpaired) electrons. The van der Waals surface area contributed by atoms with Crippen LogP contribution in [0.25, 0.3) is 0 Å². The molecule has 1 aromatic heterocycles. The third-order valence-corrected chi connectivity index (χ3v) is 7.75. The van der Waals surface area contributed by atoms with Crippen molar-refractivity contribution in [2.24, 2.45) is 10.1 Å². The number of nitrogens with zero attached hydrogens (tertiary/aromatic N) is 2. The molecule has 0 aliphatic rings. The second kappa shape index (κ2) is 15.2. The van der Waals surface area contributed by atoms with E-state index in [-0.39, 0.29) is 39.9 Å². The fourth-order valence-electron chi connectivity index (χ4n) is 1.14. The number of nitrogens with one attached hydrogen (secondary N) is 2. The topological polar surface area (TPSA) is 155 Å². The molecule has 1 heterocycles. The van der Waals surface area contributed by atoms with E-state index in [2.05, 4.69) is 14.1 Å². The fraction of sp³-hybridized carbons (Fsp3) is 0.650. The van der Waals surface area contributed by atoms with Gasteiger partial charge in [-0.05, 0) is 72.4 Å². The highest BCUT2D eigenvalue weighted by Gasteiger charge is 2.29. The summed E-state index contributed by atoms with van der Waals surface area (Å²) in [5.74, 6) is 0.349. The van der Waals surface area contributed by atoms with Gasteiger partial charge in [-0.25, -0.2) is 21.8 Å². The highest BCUT2D eigenvalue weighted by Crippen LogP contribution is 2.18. The fourth-order valence-corrected chi connectivity index (χ4v) is 3.11. The maximum atomic E-state index is 11.7. The molecule has 0 saturated heterocycles. The normalized spacial score (nSPS) is 11.7. The summed E-state index contributed by atoms with van der Waals surface area (Å²) in [6.45, 7) is 11.1. The zero-order valence-corrected chi connectivity index (χ0v) is 19.6. The van der Waals surface area contributed by atoms with Crippen LogP contribution in [0, 0.1) is 5.41 Å². The van der Waals surface area contributed by atoms with Crippen molar-refractivity contribution in [2.75, 3.05) is 4.72 Å². The van der Waals surface area contributed by atoms with Crippen LogP contribution in [0.2, 0.25) is 0 Å². The molecule has 0 aliphatic heterocycles. The van der Waals surface area contributed by atoms with Gasteiger partial charge in [0, 0.05) is 6.20 Å². The number of anilines is 1. The largest absolute Gasteiger partial charge is 0.377 e. The zero-order chi connectivity index (χ0) is 22.4. The Hall–Kier alpha value is -1.66. The minimum atomic E-state index is -3.60. The number of nitrogens with two attached hydrogens (primary N) is 1. The Bertz CT molecular complexity index is 901. The van der Waals surface area contributed by atoms with E-state index < -0.39 is 29.5 Å². The Balaban J connectivity index is -0.000000135. The number of thioether (sulfide) groups is 1. The molecule has 0 unspecified atom stereocenters. The molecule has 4 N–H and O–H groups in total. The van der Waals surface area contributed by atoms with Gasteiger partial charge in [-0.3, -0.25) is 10.1 Å². The van der Waals surface area contributed by atoms with Gasteiger partial charge in [0.1, 0.15) is 5.82 Å². The average Bonchev–Trinajstić information content (AvgIpc) is 2.44. The van der Waals surface area contributed by atoms with Crippen LogP contribution in [0.3, 0.4) is 0 Å². The van der Waals surface area contributed by atoms with E-state index in [1.807, 2.05) is 0 Å². The molecule has 1 aromatic rings. The number of pyridine rings is 1. The maximum Gasteiger partial charge on any atom is 0.260 e. The highest BCUT2D eigenvalue weighted by atomic mass is 32.2. The van der Waals surface area contributed by atoms with Crippen molar-refractivity contribution in [1.29, 1.82) is 5.41 Å². The van der Waals surface area contributed by atoms with E-state index >= 15 is 0 Å². The van der Waals surface area contributed by atoms with Crippen molar-refractivity contribution in [1.82, 2.24) is 4.98 Å². The molecule has 9 nitrogen and oxygen atoms in total. The molecule has 32 heavy (non-hydrogen) atoms. The van der Waals surface area contributed by atoms with Crippen LogP contribution in [-0.4, -0.2) is 41.5 Å². The quantitative estimate of drug-likeness (QED) is 0.363. The van der Waals surface area contributed by atoms with Crippen molar-refractivity contribution >= 4 is 47.8 Å². The molecule has 0 spiro atoms. The van der Waals surface area contributed by atoms with Crippen LogP contribution < -0.4 is 10.5 Å². The first kappa shape index (κ1) is 40.7. The minimum Gasteiger partial charge on any atom is -0.377 e. The molecular formula is C20H45N5O4S3. The summed E-state index contributed by atoms with van der Waals surface area (Å²) >= 11 is 0.829. The lowest BCUT2D eigenvalue weighted by atomic mass is 10.3. The van der Waals surface area contributed by atoms with Crippen LogP contribution in [0.1, 0.15) is 78.2 Å². The Morgan fingerprint density at radius 1 is 1.00 bits per heavy atom. The summed E-state index contributed by atoms with van der Waals surface area (Å²) in [6.07, 6.45) is 1.54. The van der Waals surface area contributed by atoms with E-state index in [1.54, 1.807) is 65.9 Å². The molecule has 0 amide bonds. The van der Waals surface area contributed by atoms with E-state index in [1.165, 1.54) is 6.92 Å². The Labute approximate surface area is 201 Å². The number of rotatable bonds is 3. The maximum absolute atomic E-state index is 11.7. The van der Waals surface area contributed by atoms with Crippen molar-refractivity contribution < 1.29 is 16.8 Å². The third-order valence-electron chi connectivity index (χ3n) is 2.95. The van der Waals surface area contributed by atoms with Crippen molar-refractivity contribution in [3.8, 4) is 0 Å². The van der Waals surface area contributed by atoms with Crippen LogP contribution in [0.5, 0.6) is 0 Å². The first-order chi connectivity index (χ1) is 12.4. The molecule has 0 aliphatic carbocycles.